The average molecular weight is 489 g/mol. The van der Waals surface area contributed by atoms with E-state index in [0.717, 1.165) is 29.9 Å². The van der Waals surface area contributed by atoms with Crippen molar-refractivity contribution in [2.45, 2.75) is 45.1 Å². The largest absolute Gasteiger partial charge is 0.493 e. The Morgan fingerprint density at radius 1 is 1.03 bits per heavy atom. The number of benzene rings is 3. The van der Waals surface area contributed by atoms with Gasteiger partial charge >= 0.3 is 5.97 Å². The molecule has 0 bridgehead atoms. The fourth-order valence-corrected chi connectivity index (χ4v) is 5.50. The standard InChI is InChI=1S/C30H32O6/c1-18-11-27-30(22(16-36-27)9-10-33-3)19(2)29(18)21-6-4-5-20(12-21)15-34-24-7-8-25-23(13-28(31)32)17-35-26(25)14-24/h4-8,11-12,14,22-23H,9-10,13,15-17H2,1-3H3,(H,31,32). The maximum Gasteiger partial charge on any atom is 0.304 e. The van der Waals surface area contributed by atoms with Gasteiger partial charge in [-0.05, 0) is 66.3 Å². The number of carbonyl (C=O) groups is 1. The fourth-order valence-electron chi connectivity index (χ4n) is 5.50. The van der Waals surface area contributed by atoms with Crippen LogP contribution in [0, 0.1) is 13.8 Å². The molecule has 0 fully saturated rings. The molecule has 36 heavy (non-hydrogen) atoms. The van der Waals surface area contributed by atoms with Gasteiger partial charge < -0.3 is 24.1 Å². The van der Waals surface area contributed by atoms with Crippen LogP contribution in [0.25, 0.3) is 11.1 Å². The molecule has 2 atom stereocenters. The molecule has 188 valence electrons. The number of methoxy groups -OCH3 is 1. The predicted octanol–water partition coefficient (Wildman–Crippen LogP) is 6.01. The zero-order valence-electron chi connectivity index (χ0n) is 21.0. The Kier molecular flexibility index (Phi) is 6.88. The molecule has 0 saturated carbocycles. The van der Waals surface area contributed by atoms with Gasteiger partial charge in [-0.1, -0.05) is 24.3 Å². The number of aliphatic carboxylic acids is 1. The van der Waals surface area contributed by atoms with Crippen molar-refractivity contribution in [3.8, 4) is 28.4 Å². The van der Waals surface area contributed by atoms with Gasteiger partial charge in [-0.3, -0.25) is 4.79 Å². The Bertz CT molecular complexity index is 1280. The summed E-state index contributed by atoms with van der Waals surface area (Å²) in [7, 11) is 1.74. The molecule has 0 aliphatic carbocycles. The van der Waals surface area contributed by atoms with Gasteiger partial charge in [-0.15, -0.1) is 0 Å². The highest BCUT2D eigenvalue weighted by Gasteiger charge is 2.29. The summed E-state index contributed by atoms with van der Waals surface area (Å²) in [4.78, 5) is 11.1. The van der Waals surface area contributed by atoms with Crippen LogP contribution in [0.2, 0.25) is 0 Å². The lowest BCUT2D eigenvalue weighted by Crippen LogP contribution is -2.07. The summed E-state index contributed by atoms with van der Waals surface area (Å²) in [6.07, 6.45) is 1.02. The predicted molar refractivity (Wildman–Crippen MR) is 137 cm³/mol. The molecule has 0 saturated heterocycles. The quantitative estimate of drug-likeness (QED) is 0.397. The summed E-state index contributed by atoms with van der Waals surface area (Å²) < 4.78 is 23.1. The Hall–Kier alpha value is -3.51. The van der Waals surface area contributed by atoms with Gasteiger partial charge in [0.15, 0.2) is 0 Å². The van der Waals surface area contributed by atoms with Crippen LogP contribution in [0.4, 0.5) is 0 Å². The van der Waals surface area contributed by atoms with Gasteiger partial charge in [-0.25, -0.2) is 0 Å². The molecule has 2 aliphatic heterocycles. The molecule has 1 N–H and O–H groups in total. The molecule has 0 radical (unpaired) electrons. The average Bonchev–Trinajstić information content (AvgIpc) is 3.45. The number of hydrogen-bond acceptors (Lipinski definition) is 5. The van der Waals surface area contributed by atoms with Crippen molar-refractivity contribution in [1.29, 1.82) is 0 Å². The van der Waals surface area contributed by atoms with Crippen LogP contribution < -0.4 is 14.2 Å². The van der Waals surface area contributed by atoms with Crippen molar-refractivity contribution in [1.82, 2.24) is 0 Å². The van der Waals surface area contributed by atoms with Crippen molar-refractivity contribution in [2.24, 2.45) is 0 Å². The van der Waals surface area contributed by atoms with Crippen LogP contribution in [-0.2, 0) is 16.1 Å². The van der Waals surface area contributed by atoms with Gasteiger partial charge in [0, 0.05) is 42.7 Å². The molecule has 0 spiro atoms. The van der Waals surface area contributed by atoms with Crippen LogP contribution in [-0.4, -0.2) is 38.0 Å². The van der Waals surface area contributed by atoms with Gasteiger partial charge in [0.05, 0.1) is 19.6 Å². The second-order valence-corrected chi connectivity index (χ2v) is 9.69. The third-order valence-electron chi connectivity index (χ3n) is 7.21. The number of aryl methyl sites for hydroxylation is 1. The number of carboxylic acids is 1. The summed E-state index contributed by atoms with van der Waals surface area (Å²) in [5, 5.41) is 9.10. The van der Waals surface area contributed by atoms with Crippen LogP contribution in [0.5, 0.6) is 17.2 Å². The lowest BCUT2D eigenvalue weighted by Gasteiger charge is -2.18. The minimum atomic E-state index is -0.816. The van der Waals surface area contributed by atoms with Gasteiger partial charge in [0.2, 0.25) is 0 Å². The second kappa shape index (κ2) is 10.2. The topological polar surface area (TPSA) is 74.2 Å². The van der Waals surface area contributed by atoms with Crippen molar-refractivity contribution in [3.05, 3.63) is 76.3 Å². The van der Waals surface area contributed by atoms with E-state index in [4.69, 9.17) is 24.1 Å². The van der Waals surface area contributed by atoms with E-state index in [-0.39, 0.29) is 12.3 Å². The van der Waals surface area contributed by atoms with Crippen molar-refractivity contribution in [3.63, 3.8) is 0 Å². The van der Waals surface area contributed by atoms with Gasteiger partial charge in [-0.2, -0.15) is 0 Å². The Morgan fingerprint density at radius 3 is 2.64 bits per heavy atom. The van der Waals surface area contributed by atoms with Crippen LogP contribution in [0.3, 0.4) is 0 Å². The lowest BCUT2D eigenvalue weighted by molar-refractivity contribution is -0.137. The summed E-state index contributed by atoms with van der Waals surface area (Å²) in [6, 6.07) is 16.3. The summed E-state index contributed by atoms with van der Waals surface area (Å²) in [5.74, 6) is 1.84. The molecular formula is C30H32O6. The number of hydrogen-bond donors (Lipinski definition) is 1. The molecule has 5 rings (SSSR count). The van der Waals surface area contributed by atoms with E-state index < -0.39 is 5.97 Å². The monoisotopic (exact) mass is 488 g/mol. The molecular weight excluding hydrogens is 456 g/mol. The van der Waals surface area contributed by atoms with Crippen molar-refractivity contribution >= 4 is 5.97 Å². The Labute approximate surface area is 211 Å². The first-order valence-electron chi connectivity index (χ1n) is 12.4. The van der Waals surface area contributed by atoms with E-state index in [1.165, 1.54) is 27.8 Å². The molecule has 0 aromatic heterocycles. The Morgan fingerprint density at radius 2 is 1.83 bits per heavy atom. The SMILES string of the molecule is COCCC1COc2cc(C)c(-c3cccc(COc4ccc5c(c4)OCC5CC(=O)O)c3)c(C)c21. The van der Waals surface area contributed by atoms with E-state index in [1.807, 2.05) is 18.2 Å². The molecule has 6 nitrogen and oxygen atoms in total. The fraction of sp³-hybridized carbons (Fsp3) is 0.367. The molecule has 3 aromatic carbocycles. The molecule has 2 aliphatic rings. The number of ether oxygens (including phenoxy) is 4. The van der Waals surface area contributed by atoms with Crippen LogP contribution in [0.15, 0.2) is 48.5 Å². The van der Waals surface area contributed by atoms with Crippen molar-refractivity contribution < 1.29 is 28.8 Å². The first-order chi connectivity index (χ1) is 17.4. The normalized spacial score (nSPS) is 17.8. The summed E-state index contributed by atoms with van der Waals surface area (Å²) in [6.45, 7) is 6.58. The van der Waals surface area contributed by atoms with E-state index in [2.05, 4.69) is 44.2 Å². The summed E-state index contributed by atoms with van der Waals surface area (Å²) >= 11 is 0. The first-order valence-corrected chi connectivity index (χ1v) is 12.4. The maximum absolute atomic E-state index is 11.1. The highest BCUT2D eigenvalue weighted by atomic mass is 16.5. The van der Waals surface area contributed by atoms with E-state index in [1.54, 1.807) is 7.11 Å². The maximum atomic E-state index is 11.1. The Balaban J connectivity index is 1.34. The highest BCUT2D eigenvalue weighted by Crippen LogP contribution is 2.44. The van der Waals surface area contributed by atoms with Crippen molar-refractivity contribution in [2.75, 3.05) is 26.9 Å². The van der Waals surface area contributed by atoms with Gasteiger partial charge in [0.1, 0.15) is 23.9 Å². The number of carboxylic acid groups (broad SMARTS) is 1. The van der Waals surface area contributed by atoms with E-state index in [9.17, 15) is 4.79 Å². The van der Waals surface area contributed by atoms with Crippen LogP contribution >= 0.6 is 0 Å². The zero-order valence-corrected chi connectivity index (χ0v) is 21.0. The highest BCUT2D eigenvalue weighted by molar-refractivity contribution is 5.75. The second-order valence-electron chi connectivity index (χ2n) is 9.69. The minimum Gasteiger partial charge on any atom is -0.493 e. The first kappa shape index (κ1) is 24.2. The van der Waals surface area contributed by atoms with E-state index >= 15 is 0 Å². The minimum absolute atomic E-state index is 0.0702. The summed E-state index contributed by atoms with van der Waals surface area (Å²) in [5.41, 5.74) is 8.19. The third-order valence-corrected chi connectivity index (χ3v) is 7.21. The zero-order chi connectivity index (χ0) is 25.2. The molecule has 2 unspecified atom stereocenters. The molecule has 2 heterocycles. The molecule has 3 aromatic rings. The van der Waals surface area contributed by atoms with E-state index in [0.29, 0.717) is 37.2 Å². The van der Waals surface area contributed by atoms with Gasteiger partial charge in [0.25, 0.3) is 0 Å². The lowest BCUT2D eigenvalue weighted by atomic mass is 9.86. The molecule has 0 amide bonds. The number of fused-ring (bicyclic) bond motifs is 2. The third kappa shape index (κ3) is 4.78. The smallest absolute Gasteiger partial charge is 0.304 e. The number of rotatable bonds is 9. The van der Waals surface area contributed by atoms with Crippen LogP contribution in [0.1, 0.15) is 52.5 Å². The molecule has 6 heteroatoms.